The Balaban J connectivity index is 2.24. The average molecular weight is 399 g/mol. The van der Waals surface area contributed by atoms with Gasteiger partial charge >= 0.3 is 0 Å². The molecule has 2 aromatic carbocycles. The topological polar surface area (TPSA) is 12.5 Å². The normalized spacial score (nSPS) is 10.4. The van der Waals surface area contributed by atoms with Crippen molar-refractivity contribution in [3.8, 4) is 11.5 Å². The summed E-state index contributed by atoms with van der Waals surface area (Å²) < 4.78 is 7.10. The van der Waals surface area contributed by atoms with Crippen LogP contribution in [0.15, 0.2) is 41.3 Å². The van der Waals surface area contributed by atoms with Gasteiger partial charge < -0.3 is 9.64 Å². The molecule has 0 radical (unpaired) electrons. The Kier molecular flexibility index (Phi) is 5.21. The zero-order valence-corrected chi connectivity index (χ0v) is 15.1. The predicted molar refractivity (Wildman–Crippen MR) is 96.5 cm³/mol. The maximum atomic E-state index is 5.99. The van der Waals surface area contributed by atoms with Gasteiger partial charge in [-0.05, 0) is 77.7 Å². The van der Waals surface area contributed by atoms with E-state index in [4.69, 9.17) is 4.74 Å². The van der Waals surface area contributed by atoms with Crippen LogP contribution in [0.2, 0.25) is 0 Å². The summed E-state index contributed by atoms with van der Waals surface area (Å²) in [7, 11) is 4.08. The van der Waals surface area contributed by atoms with Crippen molar-refractivity contribution in [2.24, 2.45) is 0 Å². The Hall–Kier alpha value is -0.880. The molecule has 0 spiro atoms. The SMILES string of the molecule is CSc1ccc(Oc2ccc(N(C)C)cc2I)cc1C. The van der Waals surface area contributed by atoms with E-state index < -0.39 is 0 Å². The van der Waals surface area contributed by atoms with Gasteiger partial charge in [0.15, 0.2) is 0 Å². The highest BCUT2D eigenvalue weighted by atomic mass is 127. The maximum Gasteiger partial charge on any atom is 0.140 e. The molecule has 2 nitrogen and oxygen atoms in total. The van der Waals surface area contributed by atoms with Gasteiger partial charge in [-0.2, -0.15) is 0 Å². The largest absolute Gasteiger partial charge is 0.456 e. The third-order valence-corrected chi connectivity index (χ3v) is 4.77. The molecule has 106 valence electrons. The van der Waals surface area contributed by atoms with Crippen molar-refractivity contribution in [2.75, 3.05) is 25.3 Å². The van der Waals surface area contributed by atoms with Gasteiger partial charge in [-0.25, -0.2) is 0 Å². The zero-order valence-electron chi connectivity index (χ0n) is 12.1. The highest BCUT2D eigenvalue weighted by Gasteiger charge is 2.06. The molecule has 0 aliphatic carbocycles. The summed E-state index contributed by atoms with van der Waals surface area (Å²) in [6, 6.07) is 12.4. The van der Waals surface area contributed by atoms with E-state index in [1.807, 2.05) is 26.2 Å². The molecule has 2 aromatic rings. The number of benzene rings is 2. The number of anilines is 1. The van der Waals surface area contributed by atoms with Crippen LogP contribution >= 0.6 is 34.4 Å². The second-order valence-electron chi connectivity index (χ2n) is 4.74. The fraction of sp³-hybridized carbons (Fsp3) is 0.250. The van der Waals surface area contributed by atoms with Crippen LogP contribution in [-0.4, -0.2) is 20.4 Å². The Morgan fingerprint density at radius 1 is 1.10 bits per heavy atom. The van der Waals surface area contributed by atoms with Gasteiger partial charge in [-0.15, -0.1) is 11.8 Å². The highest BCUT2D eigenvalue weighted by molar-refractivity contribution is 14.1. The molecule has 0 unspecified atom stereocenters. The highest BCUT2D eigenvalue weighted by Crippen LogP contribution is 2.32. The Bertz CT molecular complexity index is 613. The van der Waals surface area contributed by atoms with Crippen LogP contribution < -0.4 is 9.64 Å². The molecule has 0 N–H and O–H groups in total. The average Bonchev–Trinajstić information content (AvgIpc) is 2.41. The van der Waals surface area contributed by atoms with Crippen molar-refractivity contribution < 1.29 is 4.74 Å². The number of hydrogen-bond donors (Lipinski definition) is 0. The van der Waals surface area contributed by atoms with Crippen molar-refractivity contribution in [1.29, 1.82) is 0 Å². The van der Waals surface area contributed by atoms with Crippen LogP contribution in [0.5, 0.6) is 11.5 Å². The molecule has 0 aromatic heterocycles. The summed E-state index contributed by atoms with van der Waals surface area (Å²) in [6.45, 7) is 2.11. The standard InChI is InChI=1S/C16H18INOS/c1-11-9-13(6-8-16(11)20-4)19-15-7-5-12(18(2)3)10-14(15)17/h5-10H,1-4H3. The number of halogens is 1. The molecule has 2 rings (SSSR count). The van der Waals surface area contributed by atoms with E-state index >= 15 is 0 Å². The summed E-state index contributed by atoms with van der Waals surface area (Å²) in [5.74, 6) is 1.78. The second-order valence-corrected chi connectivity index (χ2v) is 6.75. The number of thioether (sulfide) groups is 1. The molecule has 0 saturated heterocycles. The molecular weight excluding hydrogens is 381 g/mol. The van der Waals surface area contributed by atoms with Gasteiger partial charge in [0, 0.05) is 24.7 Å². The summed E-state index contributed by atoms with van der Waals surface area (Å²) >= 11 is 4.07. The van der Waals surface area contributed by atoms with E-state index in [0.717, 1.165) is 15.1 Å². The van der Waals surface area contributed by atoms with Crippen LogP contribution in [0, 0.1) is 10.5 Å². The van der Waals surface area contributed by atoms with Crippen LogP contribution in [0.25, 0.3) is 0 Å². The first-order valence-electron chi connectivity index (χ1n) is 6.30. The van der Waals surface area contributed by atoms with Crippen molar-refractivity contribution in [3.63, 3.8) is 0 Å². The molecule has 0 fully saturated rings. The number of rotatable bonds is 4. The molecule has 0 atom stereocenters. The molecular formula is C16H18INOS. The number of ether oxygens (including phenoxy) is 1. The van der Waals surface area contributed by atoms with Crippen LogP contribution in [0.4, 0.5) is 5.69 Å². The molecule has 0 bridgehead atoms. The fourth-order valence-electron chi connectivity index (χ4n) is 1.89. The number of hydrogen-bond acceptors (Lipinski definition) is 3. The van der Waals surface area contributed by atoms with Gasteiger partial charge in [-0.1, -0.05) is 0 Å². The fourth-order valence-corrected chi connectivity index (χ4v) is 3.09. The Labute approximate surface area is 138 Å². The third-order valence-electron chi connectivity index (χ3n) is 3.03. The molecule has 0 aliphatic rings. The lowest BCUT2D eigenvalue weighted by atomic mass is 10.2. The smallest absolute Gasteiger partial charge is 0.140 e. The molecule has 0 aliphatic heterocycles. The van der Waals surface area contributed by atoms with Crippen LogP contribution in [0.3, 0.4) is 0 Å². The summed E-state index contributed by atoms with van der Waals surface area (Å²) in [6.07, 6.45) is 2.09. The summed E-state index contributed by atoms with van der Waals surface area (Å²) in [5.41, 5.74) is 2.42. The summed E-state index contributed by atoms with van der Waals surface area (Å²) in [5, 5.41) is 0. The maximum absolute atomic E-state index is 5.99. The van der Waals surface area contributed by atoms with E-state index in [0.29, 0.717) is 0 Å². The molecule has 0 amide bonds. The molecule has 4 heteroatoms. The first-order valence-corrected chi connectivity index (χ1v) is 8.61. The van der Waals surface area contributed by atoms with Crippen molar-refractivity contribution in [2.45, 2.75) is 11.8 Å². The van der Waals surface area contributed by atoms with Gasteiger partial charge in [-0.3, -0.25) is 0 Å². The van der Waals surface area contributed by atoms with Crippen molar-refractivity contribution >= 4 is 40.0 Å². The lowest BCUT2D eigenvalue weighted by Gasteiger charge is -2.15. The third kappa shape index (κ3) is 3.61. The first kappa shape index (κ1) is 15.5. The van der Waals surface area contributed by atoms with Crippen molar-refractivity contribution in [3.05, 3.63) is 45.5 Å². The second kappa shape index (κ2) is 6.72. The lowest BCUT2D eigenvalue weighted by Crippen LogP contribution is -2.08. The van der Waals surface area contributed by atoms with E-state index in [1.54, 1.807) is 11.8 Å². The summed E-state index contributed by atoms with van der Waals surface area (Å²) in [4.78, 5) is 3.37. The van der Waals surface area contributed by atoms with Crippen LogP contribution in [0.1, 0.15) is 5.56 Å². The van der Waals surface area contributed by atoms with Gasteiger partial charge in [0.05, 0.1) is 3.57 Å². The monoisotopic (exact) mass is 399 g/mol. The van der Waals surface area contributed by atoms with Crippen molar-refractivity contribution in [1.82, 2.24) is 0 Å². The minimum atomic E-state index is 0.885. The van der Waals surface area contributed by atoms with Gasteiger partial charge in [0.1, 0.15) is 11.5 Å². The first-order chi connectivity index (χ1) is 9.51. The molecule has 0 saturated carbocycles. The van der Waals surface area contributed by atoms with Gasteiger partial charge in [0.25, 0.3) is 0 Å². The molecule has 0 heterocycles. The number of aryl methyl sites for hydroxylation is 1. The minimum absolute atomic E-state index is 0.885. The number of nitrogens with zero attached hydrogens (tertiary/aromatic N) is 1. The van der Waals surface area contributed by atoms with E-state index in [2.05, 4.69) is 64.9 Å². The quantitative estimate of drug-likeness (QED) is 0.519. The minimum Gasteiger partial charge on any atom is -0.456 e. The predicted octanol–water partition coefficient (Wildman–Crippen LogP) is 5.18. The zero-order chi connectivity index (χ0) is 14.7. The van der Waals surface area contributed by atoms with E-state index in [9.17, 15) is 0 Å². The van der Waals surface area contributed by atoms with Crippen LogP contribution in [-0.2, 0) is 0 Å². The lowest BCUT2D eigenvalue weighted by molar-refractivity contribution is 0.478. The van der Waals surface area contributed by atoms with E-state index in [1.165, 1.54) is 16.1 Å². The van der Waals surface area contributed by atoms with E-state index in [-0.39, 0.29) is 0 Å². The molecule has 20 heavy (non-hydrogen) atoms. The van der Waals surface area contributed by atoms with Gasteiger partial charge in [0.2, 0.25) is 0 Å². The Morgan fingerprint density at radius 2 is 1.85 bits per heavy atom. The Morgan fingerprint density at radius 3 is 2.40 bits per heavy atom.